The standard InChI is InChI=1S/C23H24ClNO2/c1-11-3-4-12(2)16(7-11)22-20-14-6-5-13(8-14)19(20)17-9-15(24)10-18(23(26)27)21(17)25-22/h3-4,7,9-10,13-14,19-20,22,25H,5-6,8H2,1-2H3,(H,26,27)/p-1/t13-,14+,19+,20+,22+/m0/s1. The monoisotopic (exact) mass is 380 g/mol. The van der Waals surface area contributed by atoms with Gasteiger partial charge in [0.1, 0.15) is 0 Å². The highest BCUT2D eigenvalue weighted by atomic mass is 35.5. The first-order chi connectivity index (χ1) is 12.9. The van der Waals surface area contributed by atoms with Gasteiger partial charge in [-0.05, 0) is 85.6 Å². The number of rotatable bonds is 2. The fourth-order valence-electron chi connectivity index (χ4n) is 6.12. The minimum atomic E-state index is -1.16. The Morgan fingerprint density at radius 2 is 1.89 bits per heavy atom. The van der Waals surface area contributed by atoms with Crippen LogP contribution in [0.4, 0.5) is 5.69 Å². The smallest absolute Gasteiger partial charge is 0.0736 e. The number of aromatic carboxylic acids is 1. The average Bonchev–Trinajstić information content (AvgIpc) is 3.25. The van der Waals surface area contributed by atoms with Crippen molar-refractivity contribution in [2.24, 2.45) is 17.8 Å². The van der Waals surface area contributed by atoms with Gasteiger partial charge in [-0.3, -0.25) is 0 Å². The predicted molar refractivity (Wildman–Crippen MR) is 105 cm³/mol. The fourth-order valence-corrected chi connectivity index (χ4v) is 6.35. The van der Waals surface area contributed by atoms with E-state index < -0.39 is 5.97 Å². The summed E-state index contributed by atoms with van der Waals surface area (Å²) in [5.41, 5.74) is 5.78. The van der Waals surface area contributed by atoms with Crippen LogP contribution < -0.4 is 10.4 Å². The number of carbonyl (C=O) groups excluding carboxylic acids is 1. The molecule has 1 heterocycles. The van der Waals surface area contributed by atoms with Gasteiger partial charge in [0.25, 0.3) is 0 Å². The minimum absolute atomic E-state index is 0.136. The zero-order valence-electron chi connectivity index (χ0n) is 15.6. The van der Waals surface area contributed by atoms with Crippen molar-refractivity contribution in [1.29, 1.82) is 0 Å². The van der Waals surface area contributed by atoms with Gasteiger partial charge < -0.3 is 15.2 Å². The maximum atomic E-state index is 11.8. The van der Waals surface area contributed by atoms with Crippen molar-refractivity contribution in [2.75, 3.05) is 5.32 Å². The van der Waals surface area contributed by atoms with Gasteiger partial charge in [-0.25, -0.2) is 0 Å². The van der Waals surface area contributed by atoms with Gasteiger partial charge in [-0.2, -0.15) is 0 Å². The Hall–Kier alpha value is -2.00. The highest BCUT2D eigenvalue weighted by molar-refractivity contribution is 6.31. The minimum Gasteiger partial charge on any atom is -0.545 e. The average molecular weight is 381 g/mol. The van der Waals surface area contributed by atoms with Gasteiger partial charge >= 0.3 is 0 Å². The molecule has 0 radical (unpaired) electrons. The number of aryl methyl sites for hydroxylation is 2. The number of anilines is 1. The molecule has 2 aliphatic carbocycles. The molecule has 3 nitrogen and oxygen atoms in total. The molecule has 5 rings (SSSR count). The van der Waals surface area contributed by atoms with E-state index >= 15 is 0 Å². The highest BCUT2D eigenvalue weighted by Gasteiger charge is 2.54. The molecule has 27 heavy (non-hydrogen) atoms. The van der Waals surface area contributed by atoms with Crippen molar-refractivity contribution >= 4 is 23.3 Å². The maximum Gasteiger partial charge on any atom is 0.0736 e. The third-order valence-electron chi connectivity index (χ3n) is 7.15. The van der Waals surface area contributed by atoms with Crippen LogP contribution in [0.25, 0.3) is 0 Å². The van der Waals surface area contributed by atoms with Crippen LogP contribution in [-0.4, -0.2) is 5.97 Å². The zero-order valence-corrected chi connectivity index (χ0v) is 16.3. The molecule has 0 unspecified atom stereocenters. The molecule has 2 bridgehead atoms. The van der Waals surface area contributed by atoms with E-state index in [9.17, 15) is 9.90 Å². The third kappa shape index (κ3) is 2.51. The molecule has 2 aromatic carbocycles. The topological polar surface area (TPSA) is 52.2 Å². The number of hydrogen-bond acceptors (Lipinski definition) is 3. The summed E-state index contributed by atoms with van der Waals surface area (Å²) >= 11 is 6.30. The Labute approximate surface area is 164 Å². The predicted octanol–water partition coefficient (Wildman–Crippen LogP) is 4.62. The largest absolute Gasteiger partial charge is 0.545 e. The number of hydrogen-bond donors (Lipinski definition) is 1. The Morgan fingerprint density at radius 1 is 1.11 bits per heavy atom. The highest BCUT2D eigenvalue weighted by Crippen LogP contribution is 2.64. The van der Waals surface area contributed by atoms with Crippen LogP contribution in [-0.2, 0) is 0 Å². The van der Waals surface area contributed by atoms with E-state index in [1.807, 2.05) is 6.07 Å². The van der Waals surface area contributed by atoms with Gasteiger partial charge in [-0.15, -0.1) is 0 Å². The molecule has 140 valence electrons. The number of carbonyl (C=O) groups is 1. The van der Waals surface area contributed by atoms with Crippen LogP contribution >= 0.6 is 11.6 Å². The molecule has 2 aromatic rings. The summed E-state index contributed by atoms with van der Waals surface area (Å²) in [4.78, 5) is 11.8. The first-order valence-electron chi connectivity index (χ1n) is 9.82. The van der Waals surface area contributed by atoms with Gasteiger partial charge in [0.05, 0.1) is 12.0 Å². The number of benzene rings is 2. The van der Waals surface area contributed by atoms with Crippen molar-refractivity contribution in [1.82, 2.24) is 0 Å². The Morgan fingerprint density at radius 3 is 2.67 bits per heavy atom. The van der Waals surface area contributed by atoms with Crippen molar-refractivity contribution in [3.05, 3.63) is 63.2 Å². The lowest BCUT2D eigenvalue weighted by Gasteiger charge is -2.44. The maximum absolute atomic E-state index is 11.8. The molecule has 2 fully saturated rings. The summed E-state index contributed by atoms with van der Waals surface area (Å²) in [7, 11) is 0. The number of nitrogens with one attached hydrogen (secondary N) is 1. The van der Waals surface area contributed by atoms with E-state index in [1.54, 1.807) is 0 Å². The Bertz CT molecular complexity index is 954. The van der Waals surface area contributed by atoms with Crippen LogP contribution in [0.3, 0.4) is 0 Å². The first kappa shape index (κ1) is 17.1. The Kier molecular flexibility index (Phi) is 3.80. The summed E-state index contributed by atoms with van der Waals surface area (Å²) in [6, 6.07) is 10.2. The number of halogens is 1. The Balaban J connectivity index is 1.72. The molecule has 0 aromatic heterocycles. The second kappa shape index (κ2) is 6.00. The summed E-state index contributed by atoms with van der Waals surface area (Å²) in [6.07, 6.45) is 3.75. The van der Waals surface area contributed by atoms with E-state index in [2.05, 4.69) is 37.4 Å². The summed E-state index contributed by atoms with van der Waals surface area (Å²) < 4.78 is 0. The normalized spacial score (nSPS) is 30.6. The molecular weight excluding hydrogens is 358 g/mol. The van der Waals surface area contributed by atoms with Crippen LogP contribution in [0.15, 0.2) is 30.3 Å². The summed E-state index contributed by atoms with van der Waals surface area (Å²) in [5, 5.41) is 16.0. The number of fused-ring (bicyclic) bond motifs is 7. The number of carboxylic acids is 1. The van der Waals surface area contributed by atoms with Crippen molar-refractivity contribution in [3.63, 3.8) is 0 Å². The quantitative estimate of drug-likeness (QED) is 0.827. The van der Waals surface area contributed by atoms with Gasteiger partial charge in [-0.1, -0.05) is 35.4 Å². The molecule has 4 heteroatoms. The molecule has 5 atom stereocenters. The fraction of sp³-hybridized carbons (Fsp3) is 0.435. The summed E-state index contributed by atoms with van der Waals surface area (Å²) in [6.45, 7) is 4.26. The second-order valence-electron chi connectivity index (χ2n) is 8.62. The SMILES string of the molecule is Cc1ccc(C)c([C@H]2Nc3c(C(=O)[O-])cc(Cl)cc3[C@H]3[C@H]4CC[C@H](C4)[C@H]32)c1. The third-order valence-corrected chi connectivity index (χ3v) is 7.37. The van der Waals surface area contributed by atoms with Gasteiger partial charge in [0.2, 0.25) is 0 Å². The van der Waals surface area contributed by atoms with E-state index in [1.165, 1.54) is 42.0 Å². The van der Waals surface area contributed by atoms with E-state index in [0.717, 1.165) is 11.3 Å². The van der Waals surface area contributed by atoms with E-state index in [-0.39, 0.29) is 11.6 Å². The molecule has 0 amide bonds. The van der Waals surface area contributed by atoms with Gasteiger partial charge in [0.15, 0.2) is 0 Å². The summed E-state index contributed by atoms with van der Waals surface area (Å²) in [5.74, 6) is 1.02. The van der Waals surface area contributed by atoms with Crippen LogP contribution in [0.1, 0.15) is 63.8 Å². The van der Waals surface area contributed by atoms with Crippen molar-refractivity contribution in [3.8, 4) is 0 Å². The number of carboxylic acid groups (broad SMARTS) is 1. The van der Waals surface area contributed by atoms with Crippen LogP contribution in [0.5, 0.6) is 0 Å². The van der Waals surface area contributed by atoms with Crippen molar-refractivity contribution in [2.45, 2.75) is 45.1 Å². The molecular formula is C23H23ClNO2-. The van der Waals surface area contributed by atoms with Crippen LogP contribution in [0.2, 0.25) is 5.02 Å². The van der Waals surface area contributed by atoms with Gasteiger partial charge in [0, 0.05) is 16.3 Å². The molecule has 0 spiro atoms. The lowest BCUT2D eigenvalue weighted by Crippen LogP contribution is -2.37. The zero-order chi connectivity index (χ0) is 18.9. The molecule has 2 saturated carbocycles. The molecule has 1 aliphatic heterocycles. The van der Waals surface area contributed by atoms with E-state index in [4.69, 9.17) is 11.6 Å². The van der Waals surface area contributed by atoms with Crippen LogP contribution in [0, 0.1) is 31.6 Å². The van der Waals surface area contributed by atoms with Crippen molar-refractivity contribution < 1.29 is 9.90 Å². The first-order valence-corrected chi connectivity index (χ1v) is 10.2. The van der Waals surface area contributed by atoms with E-state index in [0.29, 0.717) is 28.7 Å². The molecule has 0 saturated heterocycles. The lowest BCUT2D eigenvalue weighted by atomic mass is 9.67. The lowest BCUT2D eigenvalue weighted by molar-refractivity contribution is -0.254. The second-order valence-corrected chi connectivity index (χ2v) is 9.06. The molecule has 3 aliphatic rings. The molecule has 1 N–H and O–H groups in total.